The molecule has 1 N–H and O–H groups in total. The maximum absolute atomic E-state index is 10.9. The maximum atomic E-state index is 10.9. The number of aliphatic hydroxyl groups excluding tert-OH is 1. The third-order valence-corrected chi connectivity index (χ3v) is 6.53. The van der Waals surface area contributed by atoms with Gasteiger partial charge in [0.1, 0.15) is 5.75 Å². The molecule has 0 aliphatic heterocycles. The molecule has 0 amide bonds. The first kappa shape index (κ1) is 23.3. The quantitative estimate of drug-likeness (QED) is 0.318. The summed E-state index contributed by atoms with van der Waals surface area (Å²) >= 11 is 0. The predicted molar refractivity (Wildman–Crippen MR) is 139 cm³/mol. The summed E-state index contributed by atoms with van der Waals surface area (Å²) in [6.45, 7) is 5.43. The Hall–Kier alpha value is -3.41. The third kappa shape index (κ3) is 5.81. The molecular formula is C30H33N3O2. The summed E-state index contributed by atoms with van der Waals surface area (Å²) in [4.78, 5) is 2.40. The largest absolute Gasteiger partial charge is 0.439 e. The van der Waals surface area contributed by atoms with Crippen molar-refractivity contribution in [1.82, 2.24) is 14.7 Å². The summed E-state index contributed by atoms with van der Waals surface area (Å²) in [7, 11) is 0. The van der Waals surface area contributed by atoms with E-state index in [2.05, 4.69) is 30.0 Å². The van der Waals surface area contributed by atoms with Gasteiger partial charge < -0.3 is 9.84 Å². The molecule has 3 aromatic carbocycles. The SMILES string of the molecule is Cc1cccc(Oc2c(CN(CC(O)Cc3ccccc3)C3CC3)c(C)nn2-c2ccccc2)c1. The summed E-state index contributed by atoms with van der Waals surface area (Å²) in [5, 5.41) is 15.8. The van der Waals surface area contributed by atoms with Crippen LogP contribution >= 0.6 is 0 Å². The van der Waals surface area contributed by atoms with Crippen LogP contribution in [0.4, 0.5) is 0 Å². The summed E-state index contributed by atoms with van der Waals surface area (Å²) in [6, 6.07) is 28.9. The van der Waals surface area contributed by atoms with Crippen molar-refractivity contribution in [2.45, 2.75) is 51.8 Å². The third-order valence-electron chi connectivity index (χ3n) is 6.53. The molecule has 1 aromatic heterocycles. The molecular weight excluding hydrogens is 434 g/mol. The Labute approximate surface area is 207 Å². The molecule has 1 aliphatic carbocycles. The van der Waals surface area contributed by atoms with Gasteiger partial charge in [-0.1, -0.05) is 60.7 Å². The second-order valence-corrected chi connectivity index (χ2v) is 9.54. The van der Waals surface area contributed by atoms with E-state index in [0.29, 0.717) is 25.6 Å². The van der Waals surface area contributed by atoms with E-state index >= 15 is 0 Å². The van der Waals surface area contributed by atoms with Crippen molar-refractivity contribution in [3.8, 4) is 17.3 Å². The van der Waals surface area contributed by atoms with E-state index in [1.165, 1.54) is 0 Å². The van der Waals surface area contributed by atoms with Crippen molar-refractivity contribution in [3.05, 3.63) is 107 Å². The van der Waals surface area contributed by atoms with Gasteiger partial charge in [-0.15, -0.1) is 0 Å². The van der Waals surface area contributed by atoms with Gasteiger partial charge in [0.25, 0.3) is 0 Å². The van der Waals surface area contributed by atoms with Gasteiger partial charge in [0, 0.05) is 19.1 Å². The van der Waals surface area contributed by atoms with Crippen molar-refractivity contribution >= 4 is 0 Å². The fourth-order valence-electron chi connectivity index (χ4n) is 4.57. The van der Waals surface area contributed by atoms with Crippen LogP contribution in [0.25, 0.3) is 5.69 Å². The Balaban J connectivity index is 1.44. The maximum Gasteiger partial charge on any atom is 0.227 e. The molecule has 0 radical (unpaired) electrons. The van der Waals surface area contributed by atoms with Crippen molar-refractivity contribution in [3.63, 3.8) is 0 Å². The van der Waals surface area contributed by atoms with Gasteiger partial charge in [-0.05, 0) is 68.5 Å². The first-order valence-corrected chi connectivity index (χ1v) is 12.4. The molecule has 1 unspecified atom stereocenters. The molecule has 1 saturated carbocycles. The van der Waals surface area contributed by atoms with Gasteiger partial charge in [0.2, 0.25) is 5.88 Å². The summed E-state index contributed by atoms with van der Waals surface area (Å²) in [5.74, 6) is 1.54. The number of rotatable bonds is 10. The Morgan fingerprint density at radius 1 is 0.971 bits per heavy atom. The Bertz CT molecular complexity index is 1250. The average molecular weight is 468 g/mol. The molecule has 5 heteroatoms. The lowest BCUT2D eigenvalue weighted by molar-refractivity contribution is 0.103. The standard InChI is InChI=1S/C30H33N3O2/c1-22-10-9-15-28(18-22)35-30-29(23(2)31-33(30)26-13-7-4-8-14-26)21-32(25-16-17-25)20-27(34)19-24-11-5-3-6-12-24/h3-15,18,25,27,34H,16-17,19-21H2,1-2H3. The number of aliphatic hydroxyl groups is 1. The fraction of sp³-hybridized carbons (Fsp3) is 0.300. The minimum absolute atomic E-state index is 0.427. The first-order valence-electron chi connectivity index (χ1n) is 12.4. The molecule has 1 aliphatic rings. The molecule has 0 bridgehead atoms. The van der Waals surface area contributed by atoms with E-state index in [-0.39, 0.29) is 0 Å². The molecule has 0 saturated heterocycles. The monoisotopic (exact) mass is 467 g/mol. The van der Waals surface area contributed by atoms with Gasteiger partial charge in [-0.25, -0.2) is 4.68 Å². The molecule has 1 heterocycles. The van der Waals surface area contributed by atoms with E-state index in [0.717, 1.165) is 52.5 Å². The van der Waals surface area contributed by atoms with E-state index in [9.17, 15) is 5.11 Å². The Kier molecular flexibility index (Phi) is 6.98. The number of hydrogen-bond donors (Lipinski definition) is 1. The van der Waals surface area contributed by atoms with Crippen molar-refractivity contribution in [2.24, 2.45) is 0 Å². The van der Waals surface area contributed by atoms with Gasteiger partial charge in [-0.2, -0.15) is 5.10 Å². The summed E-state index contributed by atoms with van der Waals surface area (Å²) in [5.41, 5.74) is 5.28. The summed E-state index contributed by atoms with van der Waals surface area (Å²) < 4.78 is 8.41. The van der Waals surface area contributed by atoms with Crippen molar-refractivity contribution < 1.29 is 9.84 Å². The lowest BCUT2D eigenvalue weighted by Crippen LogP contribution is -2.35. The van der Waals surface area contributed by atoms with Crippen LogP contribution < -0.4 is 4.74 Å². The Morgan fingerprint density at radius 3 is 2.37 bits per heavy atom. The number of para-hydroxylation sites is 1. The second-order valence-electron chi connectivity index (χ2n) is 9.54. The number of ether oxygens (including phenoxy) is 1. The zero-order valence-corrected chi connectivity index (χ0v) is 20.5. The van der Waals surface area contributed by atoms with E-state index < -0.39 is 6.10 Å². The number of aromatic nitrogens is 2. The van der Waals surface area contributed by atoms with Crippen LogP contribution in [0.3, 0.4) is 0 Å². The molecule has 0 spiro atoms. The van der Waals surface area contributed by atoms with E-state index in [1.54, 1.807) is 0 Å². The number of benzene rings is 3. The normalized spacial score (nSPS) is 14.3. The highest BCUT2D eigenvalue weighted by Gasteiger charge is 2.32. The Morgan fingerprint density at radius 2 is 1.69 bits per heavy atom. The van der Waals surface area contributed by atoms with E-state index in [1.807, 2.05) is 78.3 Å². The average Bonchev–Trinajstić information content (AvgIpc) is 3.66. The van der Waals surface area contributed by atoms with Crippen LogP contribution in [0, 0.1) is 13.8 Å². The smallest absolute Gasteiger partial charge is 0.227 e. The van der Waals surface area contributed by atoms with Gasteiger partial charge in [0.05, 0.1) is 23.0 Å². The lowest BCUT2D eigenvalue weighted by Gasteiger charge is -2.25. The highest BCUT2D eigenvalue weighted by atomic mass is 16.5. The van der Waals surface area contributed by atoms with Crippen LogP contribution in [0.1, 0.15) is 35.2 Å². The fourth-order valence-corrected chi connectivity index (χ4v) is 4.57. The molecule has 35 heavy (non-hydrogen) atoms. The highest BCUT2D eigenvalue weighted by molar-refractivity contribution is 5.44. The zero-order chi connectivity index (χ0) is 24.2. The lowest BCUT2D eigenvalue weighted by atomic mass is 10.1. The first-order chi connectivity index (χ1) is 17.1. The minimum atomic E-state index is -0.427. The molecule has 5 nitrogen and oxygen atoms in total. The summed E-state index contributed by atoms with van der Waals surface area (Å²) in [6.07, 6.45) is 2.55. The predicted octanol–water partition coefficient (Wildman–Crippen LogP) is 5.85. The van der Waals surface area contributed by atoms with E-state index in [4.69, 9.17) is 9.84 Å². The van der Waals surface area contributed by atoms with Gasteiger partial charge >= 0.3 is 0 Å². The topological polar surface area (TPSA) is 50.5 Å². The second kappa shape index (κ2) is 10.5. The van der Waals surface area contributed by atoms with Crippen LogP contribution in [0.2, 0.25) is 0 Å². The highest BCUT2D eigenvalue weighted by Crippen LogP contribution is 2.35. The van der Waals surface area contributed by atoms with Crippen LogP contribution in [0.15, 0.2) is 84.9 Å². The molecule has 1 fully saturated rings. The number of hydrogen-bond acceptors (Lipinski definition) is 4. The van der Waals surface area contributed by atoms with Crippen molar-refractivity contribution in [1.29, 1.82) is 0 Å². The molecule has 5 rings (SSSR count). The molecule has 180 valence electrons. The minimum Gasteiger partial charge on any atom is -0.439 e. The number of aryl methyl sites for hydroxylation is 2. The number of nitrogens with zero attached hydrogens (tertiary/aromatic N) is 3. The van der Waals surface area contributed by atoms with Crippen LogP contribution in [-0.4, -0.2) is 38.5 Å². The molecule has 1 atom stereocenters. The zero-order valence-electron chi connectivity index (χ0n) is 20.5. The molecule has 4 aromatic rings. The van der Waals surface area contributed by atoms with Crippen LogP contribution in [-0.2, 0) is 13.0 Å². The van der Waals surface area contributed by atoms with Crippen LogP contribution in [0.5, 0.6) is 11.6 Å². The van der Waals surface area contributed by atoms with Crippen molar-refractivity contribution in [2.75, 3.05) is 6.54 Å². The van der Waals surface area contributed by atoms with Gasteiger partial charge in [-0.3, -0.25) is 4.90 Å². The van der Waals surface area contributed by atoms with Gasteiger partial charge in [0.15, 0.2) is 0 Å².